The molecule has 32 heavy (non-hydrogen) atoms. The molecule has 2 aromatic heterocycles. The number of carbonyl (C=O) groups excluding carboxylic acids is 2. The highest BCUT2D eigenvalue weighted by Gasteiger charge is 2.23. The molecule has 1 aliphatic rings. The molecule has 0 unspecified atom stereocenters. The van der Waals surface area contributed by atoms with Crippen LogP contribution < -0.4 is 10.9 Å². The summed E-state index contributed by atoms with van der Waals surface area (Å²) in [5, 5.41) is 7.39. The minimum absolute atomic E-state index is 0.0192. The van der Waals surface area contributed by atoms with Gasteiger partial charge >= 0.3 is 0 Å². The first-order valence-corrected chi connectivity index (χ1v) is 10.7. The molecule has 0 spiro atoms. The smallest absolute Gasteiger partial charge is 0.264 e. The van der Waals surface area contributed by atoms with Crippen LogP contribution in [0.3, 0.4) is 0 Å². The van der Waals surface area contributed by atoms with E-state index in [1.165, 1.54) is 11.5 Å². The Morgan fingerprint density at radius 1 is 1.22 bits per heavy atom. The third-order valence-corrected chi connectivity index (χ3v) is 5.90. The molecule has 1 saturated carbocycles. The molecule has 7 nitrogen and oxygen atoms in total. The number of anilines is 1. The minimum Gasteiger partial charge on any atom is -0.325 e. The number of halogens is 2. The third kappa shape index (κ3) is 4.32. The van der Waals surface area contributed by atoms with E-state index in [1.807, 2.05) is 0 Å². The van der Waals surface area contributed by atoms with Crippen molar-refractivity contribution in [2.24, 2.45) is 0 Å². The van der Waals surface area contributed by atoms with Gasteiger partial charge in [0, 0.05) is 41.7 Å². The molecule has 0 atom stereocenters. The van der Waals surface area contributed by atoms with Crippen LogP contribution in [0.2, 0.25) is 0 Å². The maximum absolute atomic E-state index is 13.6. The summed E-state index contributed by atoms with van der Waals surface area (Å²) in [5.41, 5.74) is -0.0265. The number of ketones is 1. The van der Waals surface area contributed by atoms with Gasteiger partial charge in [-0.05, 0) is 31.9 Å². The predicted molar refractivity (Wildman–Crippen MR) is 116 cm³/mol. The molecule has 4 rings (SSSR count). The maximum atomic E-state index is 13.6. The quantitative estimate of drug-likeness (QED) is 0.547. The van der Waals surface area contributed by atoms with Gasteiger partial charge in [-0.25, -0.2) is 8.78 Å². The Balaban J connectivity index is 1.61. The fraction of sp³-hybridized carbons (Fsp3) is 0.391. The molecule has 1 fully saturated rings. The lowest BCUT2D eigenvalue weighted by molar-refractivity contribution is -0.116. The Kier molecular flexibility index (Phi) is 6.16. The van der Waals surface area contributed by atoms with Crippen LogP contribution >= 0.6 is 0 Å². The number of rotatable bonds is 7. The second kappa shape index (κ2) is 9.02. The van der Waals surface area contributed by atoms with Crippen LogP contribution in [0.15, 0.2) is 41.3 Å². The number of carbonyl (C=O) groups is 2. The van der Waals surface area contributed by atoms with Gasteiger partial charge in [0.05, 0.1) is 11.7 Å². The number of pyridine rings is 1. The van der Waals surface area contributed by atoms with Crippen molar-refractivity contribution >= 4 is 28.4 Å². The summed E-state index contributed by atoms with van der Waals surface area (Å²) in [6.45, 7) is 1.39. The molecule has 168 valence electrons. The Labute approximate surface area is 183 Å². The van der Waals surface area contributed by atoms with E-state index >= 15 is 0 Å². The van der Waals surface area contributed by atoms with Crippen LogP contribution in [-0.4, -0.2) is 26.0 Å². The Morgan fingerprint density at radius 3 is 2.62 bits per heavy atom. The van der Waals surface area contributed by atoms with E-state index in [4.69, 9.17) is 0 Å². The lowest BCUT2D eigenvalue weighted by Crippen LogP contribution is -2.24. The number of benzene rings is 1. The van der Waals surface area contributed by atoms with Crippen LogP contribution in [0.25, 0.3) is 11.0 Å². The molecule has 1 aromatic carbocycles. The van der Waals surface area contributed by atoms with Gasteiger partial charge in [0.25, 0.3) is 12.0 Å². The van der Waals surface area contributed by atoms with Crippen LogP contribution in [0.1, 0.15) is 67.4 Å². The first kappa shape index (κ1) is 21.9. The molecule has 2 heterocycles. The summed E-state index contributed by atoms with van der Waals surface area (Å²) in [6, 6.07) is 7.70. The van der Waals surface area contributed by atoms with Gasteiger partial charge in [-0.2, -0.15) is 5.10 Å². The number of hydrogen-bond acceptors (Lipinski definition) is 4. The van der Waals surface area contributed by atoms with Crippen molar-refractivity contribution < 1.29 is 18.4 Å². The third-order valence-electron chi connectivity index (χ3n) is 5.90. The Bertz CT molecular complexity index is 1230. The van der Waals surface area contributed by atoms with Gasteiger partial charge in [0.15, 0.2) is 11.4 Å². The zero-order valence-electron chi connectivity index (χ0n) is 17.7. The molecule has 0 bridgehead atoms. The number of aryl methyl sites for hydroxylation is 1. The number of alkyl halides is 2. The van der Waals surface area contributed by atoms with Gasteiger partial charge in [-0.1, -0.05) is 25.0 Å². The van der Waals surface area contributed by atoms with E-state index in [9.17, 15) is 23.2 Å². The fourth-order valence-corrected chi connectivity index (χ4v) is 4.26. The summed E-state index contributed by atoms with van der Waals surface area (Å²) in [6.07, 6.45) is 2.65. The lowest BCUT2D eigenvalue weighted by atomic mass is 10.1. The number of para-hydroxylation sites is 1. The van der Waals surface area contributed by atoms with Gasteiger partial charge in [0.1, 0.15) is 0 Å². The van der Waals surface area contributed by atoms with Crippen molar-refractivity contribution in [1.82, 2.24) is 14.3 Å². The summed E-state index contributed by atoms with van der Waals surface area (Å²) in [7, 11) is 0. The average Bonchev–Trinajstić information content (AvgIpc) is 3.42. The number of amides is 1. The number of hydrogen-bond donors (Lipinski definition) is 1. The molecular weight excluding hydrogens is 418 g/mol. The second-order valence-electron chi connectivity index (χ2n) is 8.07. The van der Waals surface area contributed by atoms with Crippen LogP contribution in [0, 0.1) is 0 Å². The molecule has 0 saturated heterocycles. The largest absolute Gasteiger partial charge is 0.325 e. The van der Waals surface area contributed by atoms with E-state index < -0.39 is 17.9 Å². The summed E-state index contributed by atoms with van der Waals surface area (Å²) in [5.74, 6) is -0.578. The van der Waals surface area contributed by atoms with Crippen molar-refractivity contribution in [1.29, 1.82) is 0 Å². The lowest BCUT2D eigenvalue weighted by Gasteiger charge is -2.11. The number of fused-ring (bicyclic) bond motifs is 1. The molecule has 3 aromatic rings. The summed E-state index contributed by atoms with van der Waals surface area (Å²) < 4.78 is 30.1. The molecule has 1 N–H and O–H groups in total. The van der Waals surface area contributed by atoms with Crippen LogP contribution in [-0.2, 0) is 11.3 Å². The molecule has 0 aliphatic heterocycles. The highest BCUT2D eigenvalue weighted by Crippen LogP contribution is 2.32. The molecule has 9 heteroatoms. The topological polar surface area (TPSA) is 86.0 Å². The van der Waals surface area contributed by atoms with E-state index in [0.717, 1.165) is 31.7 Å². The van der Waals surface area contributed by atoms with Gasteiger partial charge in [0.2, 0.25) is 5.91 Å². The van der Waals surface area contributed by atoms with Crippen molar-refractivity contribution in [3.8, 4) is 0 Å². The SMILES string of the molecule is CC(=O)c1ccccc1NC(=O)CCn1c(=O)cc(C(F)F)c2cn(C3CCCC3)nc21. The number of nitrogens with zero attached hydrogens (tertiary/aromatic N) is 3. The fourth-order valence-electron chi connectivity index (χ4n) is 4.26. The van der Waals surface area contributed by atoms with E-state index in [2.05, 4.69) is 10.4 Å². The van der Waals surface area contributed by atoms with Crippen molar-refractivity contribution in [2.75, 3.05) is 5.32 Å². The standard InChI is InChI=1S/C23H24F2N4O3/c1-14(30)16-8-4-5-9-19(16)26-20(31)10-11-28-21(32)12-17(22(24)25)18-13-29(27-23(18)28)15-6-2-3-7-15/h4-5,8-9,12-13,15,22H,2-3,6-7,10-11H2,1H3,(H,26,31). The van der Waals surface area contributed by atoms with Gasteiger partial charge in [-0.15, -0.1) is 0 Å². The zero-order valence-corrected chi connectivity index (χ0v) is 17.7. The Morgan fingerprint density at radius 2 is 1.94 bits per heavy atom. The summed E-state index contributed by atoms with van der Waals surface area (Å²) >= 11 is 0. The zero-order chi connectivity index (χ0) is 22.8. The molecular formula is C23H24F2N4O3. The first-order valence-electron chi connectivity index (χ1n) is 10.7. The second-order valence-corrected chi connectivity index (χ2v) is 8.07. The van der Waals surface area contributed by atoms with Crippen molar-refractivity contribution in [2.45, 2.75) is 58.0 Å². The maximum Gasteiger partial charge on any atom is 0.264 e. The highest BCUT2D eigenvalue weighted by molar-refractivity contribution is 6.03. The number of aromatic nitrogens is 3. The molecule has 1 aliphatic carbocycles. The average molecular weight is 442 g/mol. The van der Waals surface area contributed by atoms with E-state index in [-0.39, 0.29) is 41.4 Å². The van der Waals surface area contributed by atoms with Crippen LogP contribution in [0.5, 0.6) is 0 Å². The number of Topliss-reactive ketones (excluding diaryl/α,β-unsaturated/α-hetero) is 1. The monoisotopic (exact) mass is 442 g/mol. The van der Waals surface area contributed by atoms with Gasteiger partial charge < -0.3 is 5.32 Å². The van der Waals surface area contributed by atoms with E-state index in [0.29, 0.717) is 11.3 Å². The first-order chi connectivity index (χ1) is 15.3. The summed E-state index contributed by atoms with van der Waals surface area (Å²) in [4.78, 5) is 36.9. The molecule has 0 radical (unpaired) electrons. The highest BCUT2D eigenvalue weighted by atomic mass is 19.3. The Hall–Kier alpha value is -3.36. The van der Waals surface area contributed by atoms with Gasteiger partial charge in [-0.3, -0.25) is 23.6 Å². The normalized spacial score (nSPS) is 14.4. The minimum atomic E-state index is -2.80. The molecule has 1 amide bonds. The van der Waals surface area contributed by atoms with Crippen molar-refractivity contribution in [3.63, 3.8) is 0 Å². The predicted octanol–water partition coefficient (Wildman–Crippen LogP) is 4.48. The number of nitrogens with one attached hydrogen (secondary N) is 1. The van der Waals surface area contributed by atoms with Crippen LogP contribution in [0.4, 0.5) is 14.5 Å². The van der Waals surface area contributed by atoms with Crippen molar-refractivity contribution in [3.05, 3.63) is 58.0 Å². The van der Waals surface area contributed by atoms with E-state index in [1.54, 1.807) is 35.1 Å².